The summed E-state index contributed by atoms with van der Waals surface area (Å²) in [6, 6.07) is 9.02. The first-order valence-corrected chi connectivity index (χ1v) is 13.2. The average molecular weight is 521 g/mol. The fourth-order valence-electron chi connectivity index (χ4n) is 6.07. The molecule has 2 aliphatic rings. The highest BCUT2D eigenvalue weighted by Crippen LogP contribution is 2.40. The number of piperazine rings is 1. The Balaban J connectivity index is 1.30. The van der Waals surface area contributed by atoms with E-state index in [9.17, 15) is 8.78 Å². The maximum absolute atomic E-state index is 15.3. The number of aromatic nitrogens is 3. The van der Waals surface area contributed by atoms with E-state index in [1.165, 1.54) is 18.5 Å². The van der Waals surface area contributed by atoms with Crippen LogP contribution >= 0.6 is 0 Å². The van der Waals surface area contributed by atoms with Crippen LogP contribution in [0.3, 0.4) is 0 Å². The van der Waals surface area contributed by atoms with Gasteiger partial charge in [-0.3, -0.25) is 4.90 Å². The molecule has 6 nitrogen and oxygen atoms in total. The zero-order valence-electron chi connectivity index (χ0n) is 21.4. The van der Waals surface area contributed by atoms with Gasteiger partial charge in [-0.2, -0.15) is 0 Å². The maximum atomic E-state index is 15.3. The van der Waals surface area contributed by atoms with E-state index in [1.54, 1.807) is 12.1 Å². The lowest BCUT2D eigenvalue weighted by Crippen LogP contribution is -2.49. The van der Waals surface area contributed by atoms with Crippen LogP contribution in [0.2, 0.25) is 0 Å². The molecule has 2 N–H and O–H groups in total. The van der Waals surface area contributed by atoms with Gasteiger partial charge in [0.1, 0.15) is 23.6 Å². The van der Waals surface area contributed by atoms with Gasteiger partial charge in [0, 0.05) is 55.6 Å². The first-order chi connectivity index (χ1) is 18.4. The Hall–Kier alpha value is -3.43. The van der Waals surface area contributed by atoms with E-state index >= 15 is 4.39 Å². The van der Waals surface area contributed by atoms with Gasteiger partial charge in [-0.15, -0.1) is 0 Å². The molecule has 1 aliphatic heterocycles. The molecule has 2 fully saturated rings. The Kier molecular flexibility index (Phi) is 6.57. The van der Waals surface area contributed by atoms with Crippen LogP contribution in [0, 0.1) is 17.5 Å². The second kappa shape index (κ2) is 10.0. The van der Waals surface area contributed by atoms with E-state index in [1.807, 2.05) is 6.20 Å². The summed E-state index contributed by atoms with van der Waals surface area (Å²) in [7, 11) is 2.18. The van der Waals surface area contributed by atoms with Crippen molar-refractivity contribution in [3.63, 3.8) is 0 Å². The lowest BCUT2D eigenvalue weighted by Gasteiger charge is -2.41. The van der Waals surface area contributed by atoms with Crippen LogP contribution in [0.4, 0.5) is 19.0 Å². The second-order valence-corrected chi connectivity index (χ2v) is 10.5. The largest absolute Gasteiger partial charge is 0.383 e. The minimum Gasteiger partial charge on any atom is -0.383 e. The molecule has 0 spiro atoms. The molecule has 2 aromatic heterocycles. The number of benzene rings is 2. The Morgan fingerprint density at radius 3 is 2.13 bits per heavy atom. The predicted molar refractivity (Wildman–Crippen MR) is 143 cm³/mol. The monoisotopic (exact) mass is 520 g/mol. The number of fused-ring (bicyclic) bond motifs is 1. The third kappa shape index (κ3) is 4.54. The van der Waals surface area contributed by atoms with Gasteiger partial charge in [0.05, 0.1) is 5.39 Å². The van der Waals surface area contributed by atoms with Crippen molar-refractivity contribution in [2.75, 3.05) is 39.0 Å². The third-order valence-corrected chi connectivity index (χ3v) is 8.26. The average Bonchev–Trinajstić information content (AvgIpc) is 3.32. The van der Waals surface area contributed by atoms with Crippen molar-refractivity contribution in [3.05, 3.63) is 66.4 Å². The predicted octanol–water partition coefficient (Wildman–Crippen LogP) is 5.50. The maximum Gasteiger partial charge on any atom is 0.159 e. The van der Waals surface area contributed by atoms with Crippen LogP contribution in [-0.4, -0.2) is 63.6 Å². The van der Waals surface area contributed by atoms with E-state index < -0.39 is 17.5 Å². The molecule has 1 saturated carbocycles. The lowest BCUT2D eigenvalue weighted by atomic mass is 9.89. The van der Waals surface area contributed by atoms with Gasteiger partial charge in [-0.25, -0.2) is 23.1 Å². The molecule has 4 aromatic rings. The molecule has 6 rings (SSSR count). The fraction of sp³-hybridized carbons (Fsp3) is 0.379. The molecule has 198 valence electrons. The summed E-state index contributed by atoms with van der Waals surface area (Å²) < 4.78 is 44.6. The molecule has 0 amide bonds. The summed E-state index contributed by atoms with van der Waals surface area (Å²) in [4.78, 5) is 13.8. The van der Waals surface area contributed by atoms with Gasteiger partial charge in [0.2, 0.25) is 0 Å². The quantitative estimate of drug-likeness (QED) is 0.385. The van der Waals surface area contributed by atoms with Crippen molar-refractivity contribution in [2.45, 2.75) is 37.8 Å². The van der Waals surface area contributed by atoms with Crippen molar-refractivity contribution < 1.29 is 13.2 Å². The van der Waals surface area contributed by atoms with E-state index in [0.29, 0.717) is 22.8 Å². The number of halogens is 3. The van der Waals surface area contributed by atoms with Gasteiger partial charge in [-0.1, -0.05) is 18.2 Å². The molecule has 0 unspecified atom stereocenters. The number of nitrogens with zero attached hydrogens (tertiary/aromatic N) is 5. The number of nitrogens with two attached hydrogens (primary N) is 1. The molecular weight excluding hydrogens is 489 g/mol. The number of hydrogen-bond acceptors (Lipinski definition) is 5. The summed E-state index contributed by atoms with van der Waals surface area (Å²) in [6.07, 6.45) is 7.81. The van der Waals surface area contributed by atoms with Gasteiger partial charge < -0.3 is 15.2 Å². The van der Waals surface area contributed by atoms with Crippen LogP contribution in [0.25, 0.3) is 33.3 Å². The number of nitrogen functional groups attached to an aromatic ring is 1. The first-order valence-electron chi connectivity index (χ1n) is 13.2. The number of rotatable bonds is 4. The number of hydrogen-bond donors (Lipinski definition) is 1. The van der Waals surface area contributed by atoms with Crippen molar-refractivity contribution in [1.29, 1.82) is 0 Å². The molecule has 1 aliphatic carbocycles. The molecule has 1 saturated heterocycles. The zero-order chi connectivity index (χ0) is 26.4. The minimum absolute atomic E-state index is 0.197. The van der Waals surface area contributed by atoms with E-state index in [4.69, 9.17) is 5.73 Å². The van der Waals surface area contributed by atoms with Gasteiger partial charge in [-0.05, 0) is 62.1 Å². The Morgan fingerprint density at radius 1 is 0.763 bits per heavy atom. The molecule has 0 radical (unpaired) electrons. The highest BCUT2D eigenvalue weighted by molar-refractivity contribution is 6.00. The summed E-state index contributed by atoms with van der Waals surface area (Å²) in [5, 5.41) is 0.702. The number of likely N-dealkylation sites (N-methyl/N-ethyl adjacent to an activating group) is 1. The summed E-state index contributed by atoms with van der Waals surface area (Å²) >= 11 is 0. The van der Waals surface area contributed by atoms with Gasteiger partial charge in [0.25, 0.3) is 0 Å². The molecule has 0 bridgehead atoms. The first kappa shape index (κ1) is 24.9. The SMILES string of the molecule is CN1CCN(C2CCC(n3cc(-c4ccc(-c5ccc(F)c(F)c5)c(F)c4)c4c(N)ncnc43)CC2)CC1. The normalized spacial score (nSPS) is 21.3. The summed E-state index contributed by atoms with van der Waals surface area (Å²) in [6.45, 7) is 4.48. The van der Waals surface area contributed by atoms with Crippen LogP contribution in [0.5, 0.6) is 0 Å². The molecule has 3 heterocycles. The van der Waals surface area contributed by atoms with Crippen molar-refractivity contribution in [1.82, 2.24) is 24.3 Å². The fourth-order valence-corrected chi connectivity index (χ4v) is 6.07. The molecule has 2 aromatic carbocycles. The zero-order valence-corrected chi connectivity index (χ0v) is 21.4. The van der Waals surface area contributed by atoms with E-state index in [0.717, 1.165) is 75.2 Å². The Morgan fingerprint density at radius 2 is 1.42 bits per heavy atom. The van der Waals surface area contributed by atoms with E-state index in [-0.39, 0.29) is 17.2 Å². The smallest absolute Gasteiger partial charge is 0.159 e. The van der Waals surface area contributed by atoms with E-state index in [2.05, 4.69) is 31.4 Å². The van der Waals surface area contributed by atoms with Gasteiger partial charge >= 0.3 is 0 Å². The van der Waals surface area contributed by atoms with Crippen LogP contribution in [-0.2, 0) is 0 Å². The minimum atomic E-state index is -1.01. The summed E-state index contributed by atoms with van der Waals surface area (Å²) in [5.74, 6) is -2.16. The summed E-state index contributed by atoms with van der Waals surface area (Å²) in [5.41, 5.74) is 8.92. The molecule has 0 atom stereocenters. The van der Waals surface area contributed by atoms with Crippen LogP contribution in [0.1, 0.15) is 31.7 Å². The standard InChI is InChI=1S/C29H31F3N6/c1-36-10-12-37(13-11-36)20-4-6-21(7-5-20)38-16-23(27-28(33)34-17-35-29(27)38)19-2-8-22(25(31)14-19)18-3-9-24(30)26(32)15-18/h2-3,8-9,14-17,20-21H,4-7,10-13H2,1H3,(H2,33,34,35). The highest BCUT2D eigenvalue weighted by atomic mass is 19.2. The molecule has 38 heavy (non-hydrogen) atoms. The highest BCUT2D eigenvalue weighted by Gasteiger charge is 2.30. The molecule has 9 heteroatoms. The molecular formula is C29H31F3N6. The van der Waals surface area contributed by atoms with Crippen LogP contribution < -0.4 is 5.73 Å². The Labute approximate surface area is 219 Å². The number of anilines is 1. The van der Waals surface area contributed by atoms with Crippen molar-refractivity contribution >= 4 is 16.9 Å². The van der Waals surface area contributed by atoms with Crippen molar-refractivity contribution in [2.24, 2.45) is 0 Å². The second-order valence-electron chi connectivity index (χ2n) is 10.5. The topological polar surface area (TPSA) is 63.2 Å². The lowest BCUT2D eigenvalue weighted by molar-refractivity contribution is 0.0828. The third-order valence-electron chi connectivity index (χ3n) is 8.26. The van der Waals surface area contributed by atoms with Gasteiger partial charge in [0.15, 0.2) is 11.6 Å². The van der Waals surface area contributed by atoms with Crippen LogP contribution in [0.15, 0.2) is 48.9 Å². The Bertz CT molecular complexity index is 1470. The van der Waals surface area contributed by atoms with Crippen molar-refractivity contribution in [3.8, 4) is 22.3 Å².